The summed E-state index contributed by atoms with van der Waals surface area (Å²) in [6.45, 7) is 8.43. The monoisotopic (exact) mass is 468 g/mol. The molecule has 1 saturated heterocycles. The Labute approximate surface area is 199 Å². The van der Waals surface area contributed by atoms with Crippen LogP contribution in [0.3, 0.4) is 0 Å². The van der Waals surface area contributed by atoms with Gasteiger partial charge in [0.15, 0.2) is 11.0 Å². The first-order valence-corrected chi connectivity index (χ1v) is 12.4. The SMILES string of the molecule is Cc1ccc(C)c(-n2c(SCC(=O)N3[C@H](C)CCC[C@H]3C)nnc2-c2ccccc2Cl)c1. The van der Waals surface area contributed by atoms with Crippen molar-refractivity contribution in [1.82, 2.24) is 19.7 Å². The molecule has 3 aromatic rings. The van der Waals surface area contributed by atoms with Gasteiger partial charge in [-0.3, -0.25) is 9.36 Å². The molecule has 1 aliphatic heterocycles. The van der Waals surface area contributed by atoms with E-state index < -0.39 is 0 Å². The van der Waals surface area contributed by atoms with Gasteiger partial charge in [-0.15, -0.1) is 10.2 Å². The van der Waals surface area contributed by atoms with Gasteiger partial charge < -0.3 is 4.90 Å². The lowest BCUT2D eigenvalue weighted by Crippen LogP contribution is -2.48. The zero-order valence-electron chi connectivity index (χ0n) is 19.0. The number of thioether (sulfide) groups is 1. The Balaban J connectivity index is 1.70. The fraction of sp³-hybridized carbons (Fsp3) is 0.400. The normalized spacial score (nSPS) is 18.7. The minimum absolute atomic E-state index is 0.157. The summed E-state index contributed by atoms with van der Waals surface area (Å²) in [5.74, 6) is 1.17. The zero-order chi connectivity index (χ0) is 22.8. The number of aromatic nitrogens is 3. The maximum absolute atomic E-state index is 13.1. The molecule has 0 N–H and O–H groups in total. The molecule has 7 heteroatoms. The first kappa shape index (κ1) is 22.9. The number of rotatable bonds is 5. The number of halogens is 1. The molecule has 2 aromatic carbocycles. The van der Waals surface area contributed by atoms with Crippen LogP contribution in [-0.2, 0) is 4.79 Å². The molecule has 1 aromatic heterocycles. The summed E-state index contributed by atoms with van der Waals surface area (Å²) in [7, 11) is 0. The quantitative estimate of drug-likeness (QED) is 0.425. The molecule has 0 bridgehead atoms. The smallest absolute Gasteiger partial charge is 0.233 e. The molecule has 1 amide bonds. The highest BCUT2D eigenvalue weighted by atomic mass is 35.5. The van der Waals surface area contributed by atoms with Crippen LogP contribution >= 0.6 is 23.4 Å². The number of piperidine rings is 1. The summed E-state index contributed by atoms with van der Waals surface area (Å²) in [4.78, 5) is 15.2. The van der Waals surface area contributed by atoms with Crippen molar-refractivity contribution in [3.05, 3.63) is 58.6 Å². The van der Waals surface area contributed by atoms with Crippen LogP contribution in [0.5, 0.6) is 0 Å². The summed E-state index contributed by atoms with van der Waals surface area (Å²) in [5, 5.41) is 10.3. The first-order valence-electron chi connectivity index (χ1n) is 11.1. The molecule has 168 valence electrons. The van der Waals surface area contributed by atoms with E-state index in [4.69, 9.17) is 11.6 Å². The molecule has 4 rings (SSSR count). The predicted octanol–water partition coefficient (Wildman–Crippen LogP) is 6.09. The van der Waals surface area contributed by atoms with E-state index in [1.54, 1.807) is 0 Å². The predicted molar refractivity (Wildman–Crippen MR) is 132 cm³/mol. The average molecular weight is 469 g/mol. The van der Waals surface area contributed by atoms with Crippen LogP contribution in [0.25, 0.3) is 17.1 Å². The number of nitrogens with zero attached hydrogens (tertiary/aromatic N) is 4. The van der Waals surface area contributed by atoms with E-state index in [-0.39, 0.29) is 18.0 Å². The van der Waals surface area contributed by atoms with Gasteiger partial charge in [-0.05, 0) is 76.3 Å². The first-order chi connectivity index (χ1) is 15.4. The molecule has 2 heterocycles. The molecule has 0 aliphatic carbocycles. The van der Waals surface area contributed by atoms with E-state index in [1.807, 2.05) is 33.7 Å². The summed E-state index contributed by atoms with van der Waals surface area (Å²) in [6.07, 6.45) is 3.31. The van der Waals surface area contributed by atoms with Crippen molar-refractivity contribution in [1.29, 1.82) is 0 Å². The molecule has 0 spiro atoms. The van der Waals surface area contributed by atoms with Gasteiger partial charge in [0.2, 0.25) is 5.91 Å². The Bertz CT molecular complexity index is 1120. The molecular formula is C25H29ClN4OS. The number of carbonyl (C=O) groups is 1. The fourth-order valence-corrected chi connectivity index (χ4v) is 5.51. The highest BCUT2D eigenvalue weighted by Crippen LogP contribution is 2.34. The van der Waals surface area contributed by atoms with Gasteiger partial charge in [0.1, 0.15) is 0 Å². The van der Waals surface area contributed by atoms with Gasteiger partial charge in [0.05, 0.1) is 16.5 Å². The van der Waals surface area contributed by atoms with Crippen LogP contribution in [0, 0.1) is 13.8 Å². The second kappa shape index (κ2) is 9.67. The van der Waals surface area contributed by atoms with Gasteiger partial charge >= 0.3 is 0 Å². The van der Waals surface area contributed by atoms with Crippen molar-refractivity contribution in [3.63, 3.8) is 0 Å². The lowest BCUT2D eigenvalue weighted by Gasteiger charge is -2.39. The lowest BCUT2D eigenvalue weighted by atomic mass is 9.98. The summed E-state index contributed by atoms with van der Waals surface area (Å²) in [5.41, 5.74) is 4.07. The molecule has 0 radical (unpaired) electrons. The maximum Gasteiger partial charge on any atom is 0.233 e. The molecule has 0 unspecified atom stereocenters. The Hall–Kier alpha value is -2.31. The van der Waals surface area contributed by atoms with Crippen molar-refractivity contribution < 1.29 is 4.79 Å². The topological polar surface area (TPSA) is 51.0 Å². The molecular weight excluding hydrogens is 440 g/mol. The Morgan fingerprint density at radius 1 is 1.09 bits per heavy atom. The van der Waals surface area contributed by atoms with E-state index in [9.17, 15) is 4.79 Å². The average Bonchev–Trinajstić information content (AvgIpc) is 3.17. The largest absolute Gasteiger partial charge is 0.337 e. The third kappa shape index (κ3) is 4.57. The van der Waals surface area contributed by atoms with Crippen molar-refractivity contribution in [2.24, 2.45) is 0 Å². The zero-order valence-corrected chi connectivity index (χ0v) is 20.6. The minimum Gasteiger partial charge on any atom is -0.337 e. The maximum atomic E-state index is 13.1. The fourth-order valence-electron chi connectivity index (χ4n) is 4.47. The number of carbonyl (C=O) groups excluding carboxylic acids is 1. The standard InChI is InChI=1S/C25H29ClN4OS/c1-16-12-13-17(2)22(14-16)30-24(20-10-5-6-11-21(20)26)27-28-25(30)32-15-23(31)29-18(3)8-7-9-19(29)4/h5-6,10-14,18-19H,7-9,15H2,1-4H3/t18-,19-/m1/s1. The van der Waals surface area contributed by atoms with Crippen LogP contribution in [0.15, 0.2) is 47.6 Å². The van der Waals surface area contributed by atoms with E-state index >= 15 is 0 Å². The van der Waals surface area contributed by atoms with Gasteiger partial charge in [-0.1, -0.05) is 47.6 Å². The van der Waals surface area contributed by atoms with Crippen molar-refractivity contribution in [2.45, 2.75) is 64.2 Å². The Kier molecular flexibility index (Phi) is 6.91. The number of aryl methyl sites for hydroxylation is 2. The highest BCUT2D eigenvalue weighted by molar-refractivity contribution is 7.99. The molecule has 32 heavy (non-hydrogen) atoms. The van der Waals surface area contributed by atoms with Crippen molar-refractivity contribution in [2.75, 3.05) is 5.75 Å². The van der Waals surface area contributed by atoms with Gasteiger partial charge in [0, 0.05) is 17.6 Å². The number of amides is 1. The third-order valence-corrected chi connectivity index (χ3v) is 7.40. The Morgan fingerprint density at radius 2 is 1.81 bits per heavy atom. The molecule has 5 nitrogen and oxygen atoms in total. The highest BCUT2D eigenvalue weighted by Gasteiger charge is 2.29. The van der Waals surface area contributed by atoms with Crippen LogP contribution in [0.2, 0.25) is 5.02 Å². The molecule has 1 fully saturated rings. The van der Waals surface area contributed by atoms with Crippen molar-refractivity contribution in [3.8, 4) is 17.1 Å². The van der Waals surface area contributed by atoms with E-state index in [1.165, 1.54) is 18.2 Å². The number of likely N-dealkylation sites (tertiary alicyclic amines) is 1. The lowest BCUT2D eigenvalue weighted by molar-refractivity contribution is -0.134. The van der Waals surface area contributed by atoms with Crippen molar-refractivity contribution >= 4 is 29.3 Å². The van der Waals surface area contributed by atoms with Crippen LogP contribution in [0.1, 0.15) is 44.2 Å². The van der Waals surface area contributed by atoms with Crippen LogP contribution in [-0.4, -0.2) is 43.4 Å². The molecule has 1 aliphatic rings. The van der Waals surface area contributed by atoms with E-state index in [0.717, 1.165) is 35.2 Å². The molecule has 2 atom stereocenters. The van der Waals surface area contributed by atoms with Gasteiger partial charge in [-0.25, -0.2) is 0 Å². The second-order valence-corrected chi connectivity index (χ2v) is 9.98. The Morgan fingerprint density at radius 3 is 2.53 bits per heavy atom. The number of hydrogen-bond donors (Lipinski definition) is 0. The van der Waals surface area contributed by atoms with Gasteiger partial charge in [0.25, 0.3) is 0 Å². The number of benzene rings is 2. The second-order valence-electron chi connectivity index (χ2n) is 8.63. The van der Waals surface area contributed by atoms with Crippen LogP contribution < -0.4 is 0 Å². The van der Waals surface area contributed by atoms with E-state index in [2.05, 4.69) is 56.1 Å². The summed E-state index contributed by atoms with van der Waals surface area (Å²) in [6, 6.07) is 14.5. The number of hydrogen-bond acceptors (Lipinski definition) is 4. The summed E-state index contributed by atoms with van der Waals surface area (Å²) < 4.78 is 2.03. The molecule has 0 saturated carbocycles. The van der Waals surface area contributed by atoms with Crippen LogP contribution in [0.4, 0.5) is 0 Å². The van der Waals surface area contributed by atoms with Gasteiger partial charge in [-0.2, -0.15) is 0 Å². The minimum atomic E-state index is 0.157. The third-order valence-electron chi connectivity index (χ3n) is 6.16. The summed E-state index contributed by atoms with van der Waals surface area (Å²) >= 11 is 7.95. The van der Waals surface area contributed by atoms with E-state index in [0.29, 0.717) is 21.8 Å².